The summed E-state index contributed by atoms with van der Waals surface area (Å²) in [6.07, 6.45) is 3.92. The summed E-state index contributed by atoms with van der Waals surface area (Å²) in [4.78, 5) is 10.4. The molecule has 0 bridgehead atoms. The quantitative estimate of drug-likeness (QED) is 0.244. The minimum absolute atomic E-state index is 0.386. The predicted molar refractivity (Wildman–Crippen MR) is 171 cm³/mol. The Morgan fingerprint density at radius 2 is 1.17 bits per heavy atom. The van der Waals surface area contributed by atoms with Crippen molar-refractivity contribution in [1.82, 2.24) is 0 Å². The van der Waals surface area contributed by atoms with Gasteiger partial charge in [-0.15, -0.1) is 0 Å². The van der Waals surface area contributed by atoms with Crippen LogP contribution in [0.3, 0.4) is 0 Å². The molecule has 0 aromatic heterocycles. The fourth-order valence-electron chi connectivity index (χ4n) is 5.12. The number of benzene rings is 4. The molecular weight excluding hydrogens is 503 g/mol. The zero-order valence-electron chi connectivity index (χ0n) is 24.2. The Bertz CT molecular complexity index is 1610. The third-order valence-electron chi connectivity index (χ3n) is 8.25. The van der Waals surface area contributed by atoms with Gasteiger partial charge in [-0.05, 0) is 68.8 Å². The van der Waals surface area contributed by atoms with Crippen LogP contribution in [0.25, 0.3) is 16.8 Å². The van der Waals surface area contributed by atoms with Crippen molar-refractivity contribution in [1.29, 1.82) is 0 Å². The first-order valence-electron chi connectivity index (χ1n) is 14.3. The van der Waals surface area contributed by atoms with Crippen LogP contribution in [0.5, 0.6) is 0 Å². The van der Waals surface area contributed by atoms with E-state index in [1.807, 2.05) is 12.1 Å². The van der Waals surface area contributed by atoms with Gasteiger partial charge in [-0.25, -0.2) is 9.98 Å². The molecule has 41 heavy (non-hydrogen) atoms. The Balaban J connectivity index is 1.38. The average molecular weight is 539 g/mol. The highest BCUT2D eigenvalue weighted by molar-refractivity contribution is 6.62. The summed E-state index contributed by atoms with van der Waals surface area (Å²) in [5, 5.41) is 0. The van der Waals surface area contributed by atoms with E-state index >= 15 is 0 Å². The van der Waals surface area contributed by atoms with Gasteiger partial charge in [0.15, 0.2) is 5.84 Å². The van der Waals surface area contributed by atoms with Crippen molar-refractivity contribution < 1.29 is 9.31 Å². The maximum absolute atomic E-state index is 6.28. The first kappa shape index (κ1) is 27.1. The summed E-state index contributed by atoms with van der Waals surface area (Å²) in [6.45, 7) is 8.30. The molecule has 6 rings (SSSR count). The minimum atomic E-state index is -0.409. The third-order valence-corrected chi connectivity index (χ3v) is 8.25. The number of aliphatic imine (C=N–C) groups is 2. The van der Waals surface area contributed by atoms with Gasteiger partial charge in [-0.2, -0.15) is 0 Å². The Kier molecular flexibility index (Phi) is 7.33. The third kappa shape index (κ3) is 5.74. The first-order valence-corrected chi connectivity index (χ1v) is 14.3. The van der Waals surface area contributed by atoms with Gasteiger partial charge in [-0.3, -0.25) is 0 Å². The number of hydrogen-bond acceptors (Lipinski definition) is 4. The number of nitrogens with zero attached hydrogens (tertiary/aromatic N) is 2. The predicted octanol–water partition coefficient (Wildman–Crippen LogP) is 7.72. The number of hydrogen-bond donors (Lipinski definition) is 0. The molecule has 0 amide bonds. The van der Waals surface area contributed by atoms with Crippen LogP contribution in [0.2, 0.25) is 0 Å². The molecule has 4 aromatic rings. The largest absolute Gasteiger partial charge is 0.494 e. The van der Waals surface area contributed by atoms with Crippen molar-refractivity contribution >= 4 is 29.8 Å². The van der Waals surface area contributed by atoms with E-state index in [-0.39, 0.29) is 11.2 Å². The van der Waals surface area contributed by atoms with Gasteiger partial charge in [-0.1, -0.05) is 109 Å². The smallest absolute Gasteiger partial charge is 0.399 e. The molecule has 4 aromatic carbocycles. The molecule has 1 saturated heterocycles. The zero-order valence-corrected chi connectivity index (χ0v) is 24.2. The molecule has 2 aliphatic heterocycles. The Hall–Kier alpha value is -4.06. The Labute approximate surface area is 243 Å². The minimum Gasteiger partial charge on any atom is -0.399 e. The lowest BCUT2D eigenvalue weighted by Crippen LogP contribution is -2.41. The van der Waals surface area contributed by atoms with E-state index in [9.17, 15) is 0 Å². The van der Waals surface area contributed by atoms with E-state index in [4.69, 9.17) is 19.3 Å². The van der Waals surface area contributed by atoms with Crippen LogP contribution in [0.1, 0.15) is 57.2 Å². The van der Waals surface area contributed by atoms with Crippen LogP contribution in [0, 0.1) is 0 Å². The van der Waals surface area contributed by atoms with Crippen molar-refractivity contribution in [3.63, 3.8) is 0 Å². The van der Waals surface area contributed by atoms with Gasteiger partial charge in [0.05, 0.1) is 22.6 Å². The van der Waals surface area contributed by atoms with Crippen molar-refractivity contribution in [2.45, 2.75) is 51.7 Å². The molecule has 0 saturated carbocycles. The summed E-state index contributed by atoms with van der Waals surface area (Å²) >= 11 is 0. The summed E-state index contributed by atoms with van der Waals surface area (Å²) in [5.41, 5.74) is 7.69. The molecular formula is C36H35BN2O2. The number of allylic oxidation sites excluding steroid dienone is 1. The summed E-state index contributed by atoms with van der Waals surface area (Å²) in [5.74, 6) is 0.695. The molecule has 0 unspecified atom stereocenters. The summed E-state index contributed by atoms with van der Waals surface area (Å²) in [6, 6.07) is 37.7. The van der Waals surface area contributed by atoms with E-state index in [1.165, 1.54) is 11.1 Å². The highest BCUT2D eigenvalue weighted by atomic mass is 16.7. The maximum Gasteiger partial charge on any atom is 0.494 e. The molecule has 0 spiro atoms. The second-order valence-corrected chi connectivity index (χ2v) is 11.6. The van der Waals surface area contributed by atoms with Crippen LogP contribution in [-0.2, 0) is 9.31 Å². The van der Waals surface area contributed by atoms with Crippen molar-refractivity contribution in [3.8, 4) is 11.1 Å². The van der Waals surface area contributed by atoms with Gasteiger partial charge in [0.2, 0.25) is 0 Å². The van der Waals surface area contributed by atoms with Crippen molar-refractivity contribution in [3.05, 3.63) is 132 Å². The highest BCUT2D eigenvalue weighted by Gasteiger charge is 2.51. The molecule has 0 N–H and O–H groups in total. The van der Waals surface area contributed by atoms with E-state index in [0.29, 0.717) is 5.84 Å². The monoisotopic (exact) mass is 538 g/mol. The lowest BCUT2D eigenvalue weighted by atomic mass is 9.79. The second kappa shape index (κ2) is 11.1. The molecule has 2 heterocycles. The maximum atomic E-state index is 6.28. The SMILES string of the molecule is CC1(C)OB(c2ccc(C3=N/C(c4cccc(-c5ccccc5)c4)=C\CCC(c4ccccc4)=N3)cc2)OC1(C)C. The highest BCUT2D eigenvalue weighted by Crippen LogP contribution is 2.36. The lowest BCUT2D eigenvalue weighted by Gasteiger charge is -2.32. The number of amidine groups is 1. The second-order valence-electron chi connectivity index (χ2n) is 11.6. The Morgan fingerprint density at radius 1 is 0.585 bits per heavy atom. The number of rotatable bonds is 5. The van der Waals surface area contributed by atoms with Crippen LogP contribution >= 0.6 is 0 Å². The van der Waals surface area contributed by atoms with E-state index < -0.39 is 7.12 Å². The molecule has 2 aliphatic rings. The van der Waals surface area contributed by atoms with Gasteiger partial charge in [0.25, 0.3) is 0 Å². The van der Waals surface area contributed by atoms with Crippen LogP contribution in [0.15, 0.2) is 125 Å². The van der Waals surface area contributed by atoms with Gasteiger partial charge >= 0.3 is 7.12 Å². The van der Waals surface area contributed by atoms with Crippen molar-refractivity contribution in [2.75, 3.05) is 0 Å². The molecule has 0 aliphatic carbocycles. The van der Waals surface area contributed by atoms with Gasteiger partial charge < -0.3 is 9.31 Å². The lowest BCUT2D eigenvalue weighted by molar-refractivity contribution is 0.00578. The van der Waals surface area contributed by atoms with Crippen LogP contribution in [0.4, 0.5) is 0 Å². The van der Waals surface area contributed by atoms with Crippen LogP contribution in [-0.4, -0.2) is 29.9 Å². The molecule has 0 radical (unpaired) electrons. The molecule has 1 fully saturated rings. The molecule has 4 nitrogen and oxygen atoms in total. The van der Waals surface area contributed by atoms with E-state index in [2.05, 4.69) is 131 Å². The fraction of sp³-hybridized carbons (Fsp3) is 0.222. The molecule has 5 heteroatoms. The van der Waals surface area contributed by atoms with Gasteiger partial charge in [0, 0.05) is 11.1 Å². The normalized spacial score (nSPS) is 19.4. The summed E-state index contributed by atoms with van der Waals surface area (Å²) in [7, 11) is -0.409. The summed E-state index contributed by atoms with van der Waals surface area (Å²) < 4.78 is 12.6. The fourth-order valence-corrected chi connectivity index (χ4v) is 5.12. The van der Waals surface area contributed by atoms with Crippen molar-refractivity contribution in [2.24, 2.45) is 9.98 Å². The first-order chi connectivity index (χ1) is 19.8. The van der Waals surface area contributed by atoms with E-state index in [0.717, 1.165) is 46.4 Å². The van der Waals surface area contributed by atoms with Gasteiger partial charge in [0.1, 0.15) is 0 Å². The molecule has 204 valence electrons. The molecule has 0 atom stereocenters. The van der Waals surface area contributed by atoms with Crippen LogP contribution < -0.4 is 5.46 Å². The Morgan fingerprint density at radius 3 is 1.83 bits per heavy atom. The standard InChI is InChI=1S/C36H35BN2O2/c1-35(2)36(3,4)41-37(40-35)31-23-21-28(22-24-31)34-38-32(27-15-9-6-10-16-27)19-12-20-33(39-34)30-18-11-17-29(25-30)26-13-7-5-8-14-26/h5-11,13-18,20-25H,12,19H2,1-4H3/b33-20-,38-32?,39-34?. The van der Waals surface area contributed by atoms with E-state index in [1.54, 1.807) is 0 Å². The topological polar surface area (TPSA) is 43.2 Å². The zero-order chi connectivity index (χ0) is 28.5. The average Bonchev–Trinajstić information content (AvgIpc) is 3.20.